The van der Waals surface area contributed by atoms with Crippen molar-refractivity contribution in [1.29, 1.82) is 0 Å². The molecule has 1 radical (unpaired) electrons. The van der Waals surface area contributed by atoms with Gasteiger partial charge in [0, 0.05) is 11.7 Å². The molecule has 1 unspecified atom stereocenters. The largest absolute Gasteiger partial charge is 0.346 e. The Labute approximate surface area is 127 Å². The molecule has 20 heavy (non-hydrogen) atoms. The summed E-state index contributed by atoms with van der Waals surface area (Å²) in [5.41, 5.74) is 2.49. The summed E-state index contributed by atoms with van der Waals surface area (Å²) < 4.78 is 0. The molecule has 0 saturated heterocycles. The van der Waals surface area contributed by atoms with Crippen molar-refractivity contribution in [1.82, 2.24) is 4.90 Å². The second kappa shape index (κ2) is 8.19. The highest BCUT2D eigenvalue weighted by molar-refractivity contribution is 6.43. The van der Waals surface area contributed by atoms with Crippen LogP contribution in [0, 0.1) is 0 Å². The van der Waals surface area contributed by atoms with Gasteiger partial charge in [-0.2, -0.15) is 0 Å². The molecular formula is C18H31BN. The molecule has 0 aromatic carbocycles. The lowest BCUT2D eigenvalue weighted by Crippen LogP contribution is -2.24. The molecule has 0 rings (SSSR count). The molecule has 0 bridgehead atoms. The van der Waals surface area contributed by atoms with Crippen LogP contribution in [0.4, 0.5) is 0 Å². The zero-order valence-corrected chi connectivity index (χ0v) is 14.4. The van der Waals surface area contributed by atoms with Gasteiger partial charge in [0.1, 0.15) is 7.28 Å². The van der Waals surface area contributed by atoms with E-state index in [1.54, 1.807) is 0 Å². The third-order valence-corrected chi connectivity index (χ3v) is 3.28. The summed E-state index contributed by atoms with van der Waals surface area (Å²) in [6.07, 6.45) is 8.31. The molecule has 0 aromatic rings. The fourth-order valence-corrected chi connectivity index (χ4v) is 2.27. The van der Waals surface area contributed by atoms with Gasteiger partial charge in [-0.25, -0.2) is 0 Å². The highest BCUT2D eigenvalue weighted by Crippen LogP contribution is 2.32. The van der Waals surface area contributed by atoms with Gasteiger partial charge in [-0.1, -0.05) is 50.9 Å². The molecule has 111 valence electrons. The van der Waals surface area contributed by atoms with Gasteiger partial charge >= 0.3 is 0 Å². The Hall–Kier alpha value is -1.18. The lowest BCUT2D eigenvalue weighted by Gasteiger charge is -2.29. The lowest BCUT2D eigenvalue weighted by atomic mass is 9.47. The molecule has 0 spiro atoms. The minimum Gasteiger partial charge on any atom is -0.346 e. The monoisotopic (exact) mass is 272 g/mol. The first-order chi connectivity index (χ1) is 9.16. The molecule has 0 heterocycles. The first-order valence-corrected chi connectivity index (χ1v) is 7.44. The summed E-state index contributed by atoms with van der Waals surface area (Å²) in [5.74, 6) is 0.526. The molecule has 1 nitrogen and oxygen atoms in total. The average molecular weight is 272 g/mol. The number of nitrogens with zero attached hydrogens (tertiary/aromatic N) is 1. The van der Waals surface area contributed by atoms with Crippen molar-refractivity contribution in [3.05, 3.63) is 48.9 Å². The van der Waals surface area contributed by atoms with Crippen LogP contribution in [0.2, 0.25) is 11.1 Å². The predicted octanol–water partition coefficient (Wildman–Crippen LogP) is 5.59. The molecule has 2 heteroatoms. The van der Waals surface area contributed by atoms with E-state index in [0.29, 0.717) is 11.9 Å². The van der Waals surface area contributed by atoms with E-state index >= 15 is 0 Å². The van der Waals surface area contributed by atoms with E-state index in [9.17, 15) is 0 Å². The molecule has 0 aliphatic heterocycles. The molecule has 0 amide bonds. The molecule has 0 N–H and O–H groups in total. The maximum Gasteiger partial charge on any atom is 0.131 e. The smallest absolute Gasteiger partial charge is 0.131 e. The molecule has 0 aliphatic carbocycles. The summed E-state index contributed by atoms with van der Waals surface area (Å²) in [5, 5.41) is -0.0846. The van der Waals surface area contributed by atoms with Crippen LogP contribution in [0.25, 0.3) is 0 Å². The Bertz CT molecular complexity index is 386. The van der Waals surface area contributed by atoms with Gasteiger partial charge in [-0.05, 0) is 45.3 Å². The number of allylic oxidation sites excluding steroid dienone is 4. The Kier molecular flexibility index (Phi) is 7.71. The van der Waals surface area contributed by atoms with E-state index in [1.807, 2.05) is 12.3 Å². The zero-order chi connectivity index (χ0) is 15.9. The van der Waals surface area contributed by atoms with Gasteiger partial charge in [0.15, 0.2) is 0 Å². The van der Waals surface area contributed by atoms with Gasteiger partial charge in [-0.15, -0.1) is 6.58 Å². The van der Waals surface area contributed by atoms with Crippen LogP contribution in [0.5, 0.6) is 0 Å². The second-order valence-electron chi connectivity index (χ2n) is 6.38. The lowest BCUT2D eigenvalue weighted by molar-refractivity contribution is 0.392. The molecule has 0 aromatic heterocycles. The molecule has 0 saturated carbocycles. The van der Waals surface area contributed by atoms with Crippen molar-refractivity contribution in [3.63, 3.8) is 0 Å². The summed E-state index contributed by atoms with van der Waals surface area (Å²) in [6.45, 7) is 23.1. The highest BCUT2D eigenvalue weighted by atomic mass is 15.1. The van der Waals surface area contributed by atoms with E-state index in [2.05, 4.69) is 86.0 Å². The van der Waals surface area contributed by atoms with Crippen LogP contribution in [-0.4, -0.2) is 18.2 Å². The van der Waals surface area contributed by atoms with Gasteiger partial charge in [0.05, 0.1) is 0 Å². The minimum absolute atomic E-state index is 0.0846. The average Bonchev–Trinajstić information content (AvgIpc) is 2.32. The Morgan fingerprint density at radius 3 is 2.00 bits per heavy atom. The van der Waals surface area contributed by atoms with Crippen LogP contribution >= 0.6 is 0 Å². The predicted molar refractivity (Wildman–Crippen MR) is 94.1 cm³/mol. The number of rotatable bonds is 8. The topological polar surface area (TPSA) is 3.24 Å². The van der Waals surface area contributed by atoms with Crippen LogP contribution < -0.4 is 0 Å². The van der Waals surface area contributed by atoms with Gasteiger partial charge in [0.25, 0.3) is 0 Å². The maximum absolute atomic E-state index is 3.98. The SMILES string of the molecule is C=CN(C(/C=C\C(C)([B]C(C)C)C=C)=C(C)C)C(C)C. The van der Waals surface area contributed by atoms with Crippen molar-refractivity contribution in [3.8, 4) is 0 Å². The first-order valence-electron chi connectivity index (χ1n) is 7.44. The third-order valence-electron chi connectivity index (χ3n) is 3.28. The van der Waals surface area contributed by atoms with E-state index in [4.69, 9.17) is 0 Å². The summed E-state index contributed by atoms with van der Waals surface area (Å²) in [4.78, 5) is 2.20. The van der Waals surface area contributed by atoms with E-state index in [-0.39, 0.29) is 5.31 Å². The fraction of sp³-hybridized carbons (Fsp3) is 0.556. The van der Waals surface area contributed by atoms with Crippen molar-refractivity contribution < 1.29 is 0 Å². The van der Waals surface area contributed by atoms with Crippen LogP contribution in [0.3, 0.4) is 0 Å². The third kappa shape index (κ3) is 5.86. The molecule has 0 fully saturated rings. The maximum atomic E-state index is 3.98. The minimum atomic E-state index is -0.0846. The van der Waals surface area contributed by atoms with Crippen LogP contribution in [0.1, 0.15) is 48.5 Å². The quantitative estimate of drug-likeness (QED) is 0.316. The van der Waals surface area contributed by atoms with Crippen LogP contribution in [0.15, 0.2) is 48.9 Å². The zero-order valence-electron chi connectivity index (χ0n) is 14.4. The van der Waals surface area contributed by atoms with Gasteiger partial charge in [0.2, 0.25) is 0 Å². The van der Waals surface area contributed by atoms with Crippen molar-refractivity contribution in [2.75, 3.05) is 0 Å². The molecule has 1 atom stereocenters. The first kappa shape index (κ1) is 18.8. The summed E-state index contributed by atoms with van der Waals surface area (Å²) in [7, 11) is 2.31. The second-order valence-corrected chi connectivity index (χ2v) is 6.38. The Morgan fingerprint density at radius 2 is 1.70 bits per heavy atom. The van der Waals surface area contributed by atoms with Crippen molar-refractivity contribution in [2.24, 2.45) is 0 Å². The highest BCUT2D eigenvalue weighted by Gasteiger charge is 2.20. The van der Waals surface area contributed by atoms with Gasteiger partial charge < -0.3 is 4.90 Å². The van der Waals surface area contributed by atoms with Crippen molar-refractivity contribution in [2.45, 2.75) is 65.6 Å². The summed E-state index contributed by atoms with van der Waals surface area (Å²) in [6, 6.07) is 0.395. The van der Waals surface area contributed by atoms with Gasteiger partial charge in [-0.3, -0.25) is 0 Å². The normalized spacial score (nSPS) is 14.2. The number of hydrogen-bond donors (Lipinski definition) is 0. The Morgan fingerprint density at radius 1 is 1.15 bits per heavy atom. The van der Waals surface area contributed by atoms with E-state index in [0.717, 1.165) is 0 Å². The Balaban J connectivity index is 5.38. The van der Waals surface area contributed by atoms with Crippen molar-refractivity contribution >= 4 is 7.28 Å². The fourth-order valence-electron chi connectivity index (χ4n) is 2.27. The van der Waals surface area contributed by atoms with Crippen LogP contribution in [-0.2, 0) is 0 Å². The standard InChI is InChI=1S/C18H31BN/c1-10-18(9,19-15(5)6)13-12-17(14(3)4)20(11-2)16(7)8/h10-13,15-16H,1-2H2,3-9H3/b13-12-. The molecular weight excluding hydrogens is 241 g/mol. The van der Waals surface area contributed by atoms with E-state index < -0.39 is 0 Å². The molecule has 0 aliphatic rings. The summed E-state index contributed by atoms with van der Waals surface area (Å²) >= 11 is 0. The van der Waals surface area contributed by atoms with E-state index in [1.165, 1.54) is 11.3 Å². The number of hydrogen-bond acceptors (Lipinski definition) is 1.